The number of aromatic nitrogens is 4. The summed E-state index contributed by atoms with van der Waals surface area (Å²) in [4.78, 5) is 14.7. The summed E-state index contributed by atoms with van der Waals surface area (Å²) in [6.45, 7) is 1.72. The lowest BCUT2D eigenvalue weighted by molar-refractivity contribution is -0.137. The second kappa shape index (κ2) is 4.09. The summed E-state index contributed by atoms with van der Waals surface area (Å²) in [5, 5.41) is 16.2. The van der Waals surface area contributed by atoms with E-state index in [-0.39, 0.29) is 6.54 Å². The standard InChI is InChI=1S/C10H10N4O2/c1-7-3-2-4-11-10(7)8-5-14(13-12-8)6-9(15)16/h2-5H,6H2,1H3,(H,15,16). The van der Waals surface area contributed by atoms with Crippen molar-refractivity contribution in [2.24, 2.45) is 0 Å². The number of aliphatic carboxylic acids is 1. The zero-order valence-corrected chi connectivity index (χ0v) is 8.66. The SMILES string of the molecule is Cc1cccnc1-c1cn(CC(=O)O)nn1. The van der Waals surface area contributed by atoms with Gasteiger partial charge in [-0.05, 0) is 18.6 Å². The number of rotatable bonds is 3. The van der Waals surface area contributed by atoms with Gasteiger partial charge in [-0.2, -0.15) is 0 Å². The van der Waals surface area contributed by atoms with Gasteiger partial charge in [0.15, 0.2) is 0 Å². The molecule has 0 aliphatic rings. The molecular formula is C10H10N4O2. The molecule has 2 heterocycles. The van der Waals surface area contributed by atoms with Crippen molar-refractivity contribution in [3.8, 4) is 11.4 Å². The Labute approximate surface area is 91.6 Å². The van der Waals surface area contributed by atoms with Crippen molar-refractivity contribution in [3.05, 3.63) is 30.1 Å². The maximum atomic E-state index is 10.5. The number of carboxylic acids is 1. The topological polar surface area (TPSA) is 80.9 Å². The highest BCUT2D eigenvalue weighted by molar-refractivity contribution is 5.66. The second-order valence-corrected chi connectivity index (χ2v) is 3.36. The maximum Gasteiger partial charge on any atom is 0.325 e. The van der Waals surface area contributed by atoms with Gasteiger partial charge < -0.3 is 5.11 Å². The van der Waals surface area contributed by atoms with Crippen molar-refractivity contribution in [2.75, 3.05) is 0 Å². The highest BCUT2D eigenvalue weighted by Gasteiger charge is 2.08. The van der Waals surface area contributed by atoms with Gasteiger partial charge in [0.25, 0.3) is 0 Å². The molecule has 0 amide bonds. The highest BCUT2D eigenvalue weighted by Crippen LogP contribution is 2.16. The molecule has 0 fully saturated rings. The first-order valence-electron chi connectivity index (χ1n) is 4.71. The van der Waals surface area contributed by atoms with Gasteiger partial charge in [-0.25, -0.2) is 4.68 Å². The Bertz CT molecular complexity index is 521. The Morgan fingerprint density at radius 3 is 3.06 bits per heavy atom. The predicted molar refractivity (Wildman–Crippen MR) is 55.6 cm³/mol. The molecule has 2 aromatic rings. The zero-order valence-electron chi connectivity index (χ0n) is 8.66. The third kappa shape index (κ3) is 2.05. The molecular weight excluding hydrogens is 208 g/mol. The van der Waals surface area contributed by atoms with Crippen LogP contribution in [0.25, 0.3) is 11.4 Å². The third-order valence-corrected chi connectivity index (χ3v) is 2.09. The van der Waals surface area contributed by atoms with E-state index in [1.807, 2.05) is 19.1 Å². The van der Waals surface area contributed by atoms with Crippen LogP contribution in [0.5, 0.6) is 0 Å². The van der Waals surface area contributed by atoms with Crippen LogP contribution in [0.3, 0.4) is 0 Å². The summed E-state index contributed by atoms with van der Waals surface area (Å²) in [6, 6.07) is 3.75. The smallest absolute Gasteiger partial charge is 0.325 e. The Balaban J connectivity index is 2.32. The molecule has 82 valence electrons. The summed E-state index contributed by atoms with van der Waals surface area (Å²) in [6.07, 6.45) is 3.24. The molecule has 0 saturated carbocycles. The first-order chi connectivity index (χ1) is 7.66. The molecule has 1 N–H and O–H groups in total. The fraction of sp³-hybridized carbons (Fsp3) is 0.200. The van der Waals surface area contributed by atoms with Gasteiger partial charge in [0, 0.05) is 6.20 Å². The molecule has 6 nitrogen and oxygen atoms in total. The van der Waals surface area contributed by atoms with Crippen molar-refractivity contribution in [3.63, 3.8) is 0 Å². The van der Waals surface area contributed by atoms with Crippen molar-refractivity contribution >= 4 is 5.97 Å². The summed E-state index contributed by atoms with van der Waals surface area (Å²) in [5.41, 5.74) is 2.28. The summed E-state index contributed by atoms with van der Waals surface area (Å²) in [5.74, 6) is -0.950. The monoisotopic (exact) mass is 218 g/mol. The van der Waals surface area contributed by atoms with Crippen molar-refractivity contribution < 1.29 is 9.90 Å². The minimum absolute atomic E-state index is 0.196. The van der Waals surface area contributed by atoms with E-state index in [1.165, 1.54) is 4.68 Å². The Hall–Kier alpha value is -2.24. The maximum absolute atomic E-state index is 10.5. The predicted octanol–water partition coefficient (Wildman–Crippen LogP) is 0.733. The van der Waals surface area contributed by atoms with Crippen molar-refractivity contribution in [1.29, 1.82) is 0 Å². The van der Waals surface area contributed by atoms with Crippen LogP contribution in [0.1, 0.15) is 5.56 Å². The number of hydrogen-bond donors (Lipinski definition) is 1. The largest absolute Gasteiger partial charge is 0.480 e. The van der Waals surface area contributed by atoms with Gasteiger partial charge in [-0.1, -0.05) is 11.3 Å². The van der Waals surface area contributed by atoms with Gasteiger partial charge in [-0.15, -0.1) is 5.10 Å². The number of hydrogen-bond acceptors (Lipinski definition) is 4. The van der Waals surface area contributed by atoms with Crippen LogP contribution in [-0.2, 0) is 11.3 Å². The van der Waals surface area contributed by atoms with Crippen LogP contribution in [0.2, 0.25) is 0 Å². The number of aryl methyl sites for hydroxylation is 1. The van der Waals surface area contributed by atoms with E-state index < -0.39 is 5.97 Å². The number of carboxylic acid groups (broad SMARTS) is 1. The normalized spacial score (nSPS) is 10.3. The number of carbonyl (C=O) groups is 1. The lowest BCUT2D eigenvalue weighted by Crippen LogP contribution is -2.08. The molecule has 0 radical (unpaired) electrons. The first kappa shape index (κ1) is 10.3. The van der Waals surface area contributed by atoms with Gasteiger partial charge in [0.1, 0.15) is 12.2 Å². The minimum atomic E-state index is -0.950. The molecule has 0 aromatic carbocycles. The molecule has 2 rings (SSSR count). The van der Waals surface area contributed by atoms with Crippen LogP contribution in [-0.4, -0.2) is 31.1 Å². The van der Waals surface area contributed by atoms with Gasteiger partial charge in [-0.3, -0.25) is 9.78 Å². The van der Waals surface area contributed by atoms with E-state index >= 15 is 0 Å². The van der Waals surface area contributed by atoms with Crippen LogP contribution < -0.4 is 0 Å². The highest BCUT2D eigenvalue weighted by atomic mass is 16.4. The van der Waals surface area contributed by atoms with Crippen molar-refractivity contribution in [2.45, 2.75) is 13.5 Å². The summed E-state index contributed by atoms with van der Waals surface area (Å²) >= 11 is 0. The molecule has 0 bridgehead atoms. The number of pyridine rings is 1. The van der Waals surface area contributed by atoms with Gasteiger partial charge in [0.05, 0.1) is 11.9 Å². The molecule has 2 aromatic heterocycles. The van der Waals surface area contributed by atoms with Gasteiger partial charge >= 0.3 is 5.97 Å². The van der Waals surface area contributed by atoms with Crippen LogP contribution >= 0.6 is 0 Å². The fourth-order valence-corrected chi connectivity index (χ4v) is 1.38. The second-order valence-electron chi connectivity index (χ2n) is 3.36. The van der Waals surface area contributed by atoms with Gasteiger partial charge in [0.2, 0.25) is 0 Å². The Morgan fingerprint density at radius 1 is 1.56 bits per heavy atom. The lowest BCUT2D eigenvalue weighted by Gasteiger charge is -1.98. The average Bonchev–Trinajstić information content (AvgIpc) is 2.66. The van der Waals surface area contributed by atoms with E-state index in [0.29, 0.717) is 5.69 Å². The Morgan fingerprint density at radius 2 is 2.38 bits per heavy atom. The summed E-state index contributed by atoms with van der Waals surface area (Å²) < 4.78 is 1.27. The minimum Gasteiger partial charge on any atom is -0.480 e. The lowest BCUT2D eigenvalue weighted by atomic mass is 10.2. The molecule has 0 atom stereocenters. The first-order valence-corrected chi connectivity index (χ1v) is 4.71. The zero-order chi connectivity index (χ0) is 11.5. The molecule has 6 heteroatoms. The van der Waals surface area contributed by atoms with E-state index in [0.717, 1.165) is 11.3 Å². The molecule has 16 heavy (non-hydrogen) atoms. The number of nitrogens with zero attached hydrogens (tertiary/aromatic N) is 4. The van der Waals surface area contributed by atoms with Crippen LogP contribution in [0.15, 0.2) is 24.5 Å². The molecule has 0 unspecified atom stereocenters. The molecule has 0 saturated heterocycles. The molecule has 0 aliphatic heterocycles. The Kier molecular flexibility index (Phi) is 2.63. The quantitative estimate of drug-likeness (QED) is 0.821. The fourth-order valence-electron chi connectivity index (χ4n) is 1.38. The van der Waals surface area contributed by atoms with Crippen LogP contribution in [0, 0.1) is 6.92 Å². The van der Waals surface area contributed by atoms with E-state index in [2.05, 4.69) is 15.3 Å². The molecule has 0 spiro atoms. The van der Waals surface area contributed by atoms with E-state index in [4.69, 9.17) is 5.11 Å². The van der Waals surface area contributed by atoms with Crippen LogP contribution in [0.4, 0.5) is 0 Å². The average molecular weight is 218 g/mol. The van der Waals surface area contributed by atoms with E-state index in [9.17, 15) is 4.79 Å². The molecule has 0 aliphatic carbocycles. The van der Waals surface area contributed by atoms with E-state index in [1.54, 1.807) is 12.4 Å². The third-order valence-electron chi connectivity index (χ3n) is 2.09. The van der Waals surface area contributed by atoms with Crippen molar-refractivity contribution in [1.82, 2.24) is 20.0 Å². The summed E-state index contributed by atoms with van der Waals surface area (Å²) in [7, 11) is 0.